The average Bonchev–Trinajstić information content (AvgIpc) is 3.17. The van der Waals surface area contributed by atoms with Crippen molar-refractivity contribution in [2.45, 2.75) is 141 Å². The molecule has 0 saturated heterocycles. The van der Waals surface area contributed by atoms with Gasteiger partial charge in [0.05, 0.1) is 31.2 Å². The van der Waals surface area contributed by atoms with Crippen molar-refractivity contribution in [2.75, 3.05) is 19.7 Å². The summed E-state index contributed by atoms with van der Waals surface area (Å²) in [5.74, 6) is -8.15. The number of nitrogens with one attached hydrogen (secondary N) is 8. The van der Waals surface area contributed by atoms with E-state index in [4.69, 9.17) is 21.7 Å². The smallest absolute Gasteiger partial charge is 0.328 e. The van der Waals surface area contributed by atoms with Crippen LogP contribution in [0, 0.1) is 11.8 Å². The number of hydrogen-bond acceptors (Lipinski definition) is 14. The van der Waals surface area contributed by atoms with Crippen LogP contribution in [0.25, 0.3) is 0 Å². The third kappa shape index (κ3) is 20.0. The van der Waals surface area contributed by atoms with Crippen molar-refractivity contribution in [1.82, 2.24) is 42.5 Å². The fourth-order valence-electron chi connectivity index (χ4n) is 5.33. The molecule has 338 valence electrons. The Kier molecular flexibility index (Phi) is 25.2. The summed E-state index contributed by atoms with van der Waals surface area (Å²) in [6.45, 7) is 13.3. The third-order valence-electron chi connectivity index (χ3n) is 9.33. The number of unbranched alkanes of at least 4 members (excludes halogenated alkanes) is 1. The van der Waals surface area contributed by atoms with E-state index >= 15 is 0 Å². The monoisotopic (exact) mass is 845 g/mol. The lowest BCUT2D eigenvalue weighted by Gasteiger charge is -2.30. The zero-order valence-corrected chi connectivity index (χ0v) is 35.1. The third-order valence-corrected chi connectivity index (χ3v) is 9.33. The molecule has 0 aromatic heterocycles. The molecule has 22 nitrogen and oxygen atoms in total. The van der Waals surface area contributed by atoms with Gasteiger partial charge in [0.15, 0.2) is 0 Å². The van der Waals surface area contributed by atoms with Crippen molar-refractivity contribution in [3.63, 3.8) is 0 Å². The highest BCUT2D eigenvalue weighted by Crippen LogP contribution is 2.12. The van der Waals surface area contributed by atoms with Crippen molar-refractivity contribution < 1.29 is 58.8 Å². The van der Waals surface area contributed by atoms with Crippen LogP contribution in [0.5, 0.6) is 0 Å². The lowest BCUT2D eigenvalue weighted by molar-refractivity contribution is -0.143. The Hall–Kier alpha value is -5.06. The number of carboxylic acid groups (broad SMARTS) is 1. The van der Waals surface area contributed by atoms with E-state index in [0.29, 0.717) is 25.7 Å². The molecule has 0 unspecified atom stereocenters. The van der Waals surface area contributed by atoms with Gasteiger partial charge >= 0.3 is 5.97 Å². The molecule has 0 aliphatic rings. The molecule has 0 bridgehead atoms. The van der Waals surface area contributed by atoms with Gasteiger partial charge in [-0.15, -0.1) is 0 Å². The first-order valence-electron chi connectivity index (χ1n) is 19.7. The zero-order chi connectivity index (χ0) is 45.6. The Morgan fingerprint density at radius 1 is 0.661 bits per heavy atom. The summed E-state index contributed by atoms with van der Waals surface area (Å²) in [4.78, 5) is 103. The highest BCUT2D eigenvalue weighted by molar-refractivity contribution is 5.97. The maximum atomic E-state index is 13.9. The van der Waals surface area contributed by atoms with Gasteiger partial charge < -0.3 is 74.4 Å². The average molecular weight is 845 g/mol. The minimum absolute atomic E-state index is 0.0370. The van der Waals surface area contributed by atoms with E-state index in [2.05, 4.69) is 43.8 Å². The molecule has 0 spiro atoms. The van der Waals surface area contributed by atoms with Crippen molar-refractivity contribution >= 4 is 47.3 Å². The number of aliphatic hydroxyl groups excluding tert-OH is 3. The summed E-state index contributed by atoms with van der Waals surface area (Å²) < 4.78 is 0. The summed E-state index contributed by atoms with van der Waals surface area (Å²) in [6, 6.07) is -9.50. The summed E-state index contributed by atoms with van der Waals surface area (Å²) in [7, 11) is 0. The van der Waals surface area contributed by atoms with Crippen LogP contribution < -0.4 is 54.0 Å². The van der Waals surface area contributed by atoms with Gasteiger partial charge in [-0.05, 0) is 44.9 Å². The van der Waals surface area contributed by atoms with E-state index in [1.165, 1.54) is 13.8 Å². The SMILES string of the molecule is C=C(N)NCCC[C@@H](NC(=O)[C@H](CCCC)NC(=O)[C@@H](N)[C@H](O)C(C)C)C(=O)N[C@H](C(=O)N[C@H](C(=O)NCC(=O)N[C@@H](C)C(=O)N[C@@H](CO)C(=O)O)[C@H](C)O)[C@@H](C)CC. The van der Waals surface area contributed by atoms with Crippen LogP contribution in [0.4, 0.5) is 0 Å². The first-order valence-corrected chi connectivity index (χ1v) is 19.7. The number of amides is 7. The lowest BCUT2D eigenvalue weighted by atomic mass is 9.96. The topological polar surface area (TPSA) is 366 Å². The quantitative estimate of drug-likeness (QED) is 0.0318. The van der Waals surface area contributed by atoms with E-state index < -0.39 is 121 Å². The number of aliphatic hydroxyl groups is 3. The van der Waals surface area contributed by atoms with Crippen molar-refractivity contribution in [2.24, 2.45) is 23.3 Å². The predicted octanol–water partition coefficient (Wildman–Crippen LogP) is -4.13. The molecule has 0 aliphatic heterocycles. The number of aliphatic carboxylic acids is 1. The van der Waals surface area contributed by atoms with Gasteiger partial charge in [0.25, 0.3) is 0 Å². The lowest BCUT2D eigenvalue weighted by Crippen LogP contribution is -2.61. The summed E-state index contributed by atoms with van der Waals surface area (Å²) in [5, 5.41) is 58.5. The van der Waals surface area contributed by atoms with Gasteiger partial charge in [0.2, 0.25) is 41.4 Å². The molecule has 0 aromatic carbocycles. The summed E-state index contributed by atoms with van der Waals surface area (Å²) in [5.41, 5.74) is 11.6. The van der Waals surface area contributed by atoms with Gasteiger partial charge in [0, 0.05) is 6.54 Å². The van der Waals surface area contributed by atoms with Crippen LogP contribution in [0.2, 0.25) is 0 Å². The molecule has 59 heavy (non-hydrogen) atoms. The molecule has 7 amide bonds. The Bertz CT molecular complexity index is 1430. The summed E-state index contributed by atoms with van der Waals surface area (Å²) in [6.07, 6.45) is -0.620. The number of carbonyl (C=O) groups excluding carboxylic acids is 7. The maximum Gasteiger partial charge on any atom is 0.328 e. The van der Waals surface area contributed by atoms with Crippen LogP contribution in [0.3, 0.4) is 0 Å². The molecule has 10 atom stereocenters. The van der Waals surface area contributed by atoms with Crippen LogP contribution >= 0.6 is 0 Å². The Labute approximate surface area is 345 Å². The predicted molar refractivity (Wildman–Crippen MR) is 215 cm³/mol. The van der Waals surface area contributed by atoms with Crippen molar-refractivity contribution in [3.8, 4) is 0 Å². The van der Waals surface area contributed by atoms with Gasteiger partial charge in [-0.25, -0.2) is 4.79 Å². The van der Waals surface area contributed by atoms with Crippen LogP contribution in [0.1, 0.15) is 87.0 Å². The Morgan fingerprint density at radius 2 is 1.19 bits per heavy atom. The van der Waals surface area contributed by atoms with Crippen molar-refractivity contribution in [1.29, 1.82) is 0 Å². The van der Waals surface area contributed by atoms with Crippen LogP contribution in [-0.4, -0.2) is 142 Å². The minimum atomic E-state index is -1.63. The second-order valence-electron chi connectivity index (χ2n) is 14.8. The Morgan fingerprint density at radius 3 is 1.68 bits per heavy atom. The van der Waals surface area contributed by atoms with E-state index in [0.717, 1.165) is 0 Å². The van der Waals surface area contributed by atoms with E-state index in [1.54, 1.807) is 27.7 Å². The highest BCUT2D eigenvalue weighted by atomic mass is 16.4. The molecule has 0 heterocycles. The minimum Gasteiger partial charge on any atom is -0.480 e. The van der Waals surface area contributed by atoms with Gasteiger partial charge in [-0.1, -0.05) is 60.5 Å². The van der Waals surface area contributed by atoms with Gasteiger partial charge in [-0.3, -0.25) is 33.6 Å². The number of carbonyl (C=O) groups is 8. The van der Waals surface area contributed by atoms with Gasteiger partial charge in [0.1, 0.15) is 42.3 Å². The highest BCUT2D eigenvalue weighted by Gasteiger charge is 2.35. The molecule has 16 N–H and O–H groups in total. The molecular formula is C37H68N10O12. The van der Waals surface area contributed by atoms with Crippen LogP contribution in [-0.2, 0) is 38.4 Å². The maximum absolute atomic E-state index is 13.9. The fourth-order valence-corrected chi connectivity index (χ4v) is 5.33. The number of nitrogens with two attached hydrogens (primary N) is 2. The summed E-state index contributed by atoms with van der Waals surface area (Å²) >= 11 is 0. The molecule has 22 heteroatoms. The number of hydrogen-bond donors (Lipinski definition) is 14. The van der Waals surface area contributed by atoms with Gasteiger partial charge in [-0.2, -0.15) is 0 Å². The van der Waals surface area contributed by atoms with Crippen molar-refractivity contribution in [3.05, 3.63) is 12.4 Å². The second-order valence-corrected chi connectivity index (χ2v) is 14.8. The van der Waals surface area contributed by atoms with E-state index in [9.17, 15) is 48.6 Å². The molecule has 0 rings (SSSR count). The largest absolute Gasteiger partial charge is 0.480 e. The molecular weight excluding hydrogens is 776 g/mol. The fraction of sp³-hybridized carbons (Fsp3) is 0.730. The first kappa shape index (κ1) is 53.9. The molecule has 0 aromatic rings. The zero-order valence-electron chi connectivity index (χ0n) is 35.1. The van der Waals surface area contributed by atoms with E-state index in [-0.39, 0.29) is 31.1 Å². The number of rotatable bonds is 29. The normalized spacial score (nSPS) is 16.2. The number of carboxylic acids is 1. The van der Waals surface area contributed by atoms with Crippen LogP contribution in [0.15, 0.2) is 12.4 Å². The molecule has 0 saturated carbocycles. The molecule has 0 fully saturated rings. The standard InChI is InChI=1S/C37H68N10O12/c1-9-11-13-23(44-34(55)27(39)30(51)18(3)4)32(53)43-24(14-12-15-40-22(8)38)33(54)46-28(19(5)10-2)36(57)47-29(21(7)49)35(56)41-16-26(50)42-20(6)31(52)45-25(17-48)37(58)59/h18-21,23-25,27-30,40,48-49,51H,8-17,38-39H2,1-7H3,(H,41,56)(H,42,50)(H,43,53)(H,44,55)(H,45,52)(H,46,54)(H,47,57)(H,58,59)/t19-,20-,21-,23-,24+,25-,27-,28-,29-,30+/m0/s1. The Balaban J connectivity index is 6.09. The molecule has 0 aliphatic carbocycles. The second kappa shape index (κ2) is 27.6. The van der Waals surface area contributed by atoms with E-state index in [1.807, 2.05) is 12.2 Å². The molecule has 0 radical (unpaired) electrons. The first-order chi connectivity index (χ1) is 27.5.